The van der Waals surface area contributed by atoms with E-state index in [1.807, 2.05) is 40.7 Å². The minimum atomic E-state index is 0.785. The Hall–Kier alpha value is -2.64. The monoisotopic (exact) mass is 377 g/mol. The second-order valence-electron chi connectivity index (χ2n) is 5.94. The number of aromatic amines is 1. The molecule has 7 heteroatoms. The molecule has 5 nitrogen and oxygen atoms in total. The highest BCUT2D eigenvalue weighted by atomic mass is 32.2. The zero-order chi connectivity index (χ0) is 17.3. The Kier molecular flexibility index (Phi) is 3.95. The van der Waals surface area contributed by atoms with Crippen molar-refractivity contribution in [2.45, 2.75) is 11.5 Å². The molecule has 3 heterocycles. The van der Waals surface area contributed by atoms with Gasteiger partial charge in [0.25, 0.3) is 0 Å². The van der Waals surface area contributed by atoms with Crippen LogP contribution in [0.2, 0.25) is 0 Å². The number of fused-ring (bicyclic) bond motifs is 2. The summed E-state index contributed by atoms with van der Waals surface area (Å²) in [5.41, 5.74) is 3.54. The van der Waals surface area contributed by atoms with Crippen LogP contribution in [-0.2, 0) is 11.5 Å². The molecular formula is C19H15N5S2. The molecule has 0 unspecified atom stereocenters. The number of H-pyrrole nitrogens is 1. The summed E-state index contributed by atoms with van der Waals surface area (Å²) in [4.78, 5) is 4.14. The van der Waals surface area contributed by atoms with E-state index in [1.165, 1.54) is 10.9 Å². The van der Waals surface area contributed by atoms with Crippen LogP contribution in [0.25, 0.3) is 26.4 Å². The normalized spacial score (nSPS) is 11.5. The van der Waals surface area contributed by atoms with Crippen molar-refractivity contribution in [1.82, 2.24) is 24.8 Å². The zero-order valence-corrected chi connectivity index (χ0v) is 15.4. The maximum absolute atomic E-state index is 4.77. The highest BCUT2D eigenvalue weighted by Gasteiger charge is 2.15. The summed E-state index contributed by atoms with van der Waals surface area (Å²) in [7, 11) is 0. The second-order valence-corrected chi connectivity index (χ2v) is 7.89. The van der Waals surface area contributed by atoms with Gasteiger partial charge in [0.15, 0.2) is 5.82 Å². The van der Waals surface area contributed by atoms with E-state index in [9.17, 15) is 0 Å². The Morgan fingerprint density at radius 2 is 1.81 bits per heavy atom. The van der Waals surface area contributed by atoms with Gasteiger partial charge < -0.3 is 4.98 Å². The van der Waals surface area contributed by atoms with Crippen LogP contribution in [0.5, 0.6) is 0 Å². The fraction of sp³-hybridized carbons (Fsp3) is 0.105. The molecule has 1 N–H and O–H groups in total. The van der Waals surface area contributed by atoms with Crippen LogP contribution < -0.4 is 0 Å². The first-order valence-electron chi connectivity index (χ1n) is 8.28. The molecule has 5 rings (SSSR count). The first kappa shape index (κ1) is 15.6. The van der Waals surface area contributed by atoms with E-state index in [0.717, 1.165) is 38.4 Å². The third kappa shape index (κ3) is 2.79. The van der Waals surface area contributed by atoms with Gasteiger partial charge >= 0.3 is 0 Å². The quantitative estimate of drug-likeness (QED) is 0.479. The Labute approximate surface area is 158 Å². The van der Waals surface area contributed by atoms with Gasteiger partial charge in [-0.25, -0.2) is 0 Å². The smallest absolute Gasteiger partial charge is 0.235 e. The van der Waals surface area contributed by atoms with Crippen LogP contribution in [0.3, 0.4) is 0 Å². The number of benzene rings is 2. The van der Waals surface area contributed by atoms with Crippen LogP contribution in [0.1, 0.15) is 11.4 Å². The first-order valence-corrected chi connectivity index (χ1v) is 10.2. The molecule has 0 atom stereocenters. The molecule has 0 aliphatic heterocycles. The highest BCUT2D eigenvalue weighted by molar-refractivity contribution is 7.97. The third-order valence-electron chi connectivity index (χ3n) is 4.22. The number of rotatable bonds is 5. The number of aromatic nitrogens is 5. The Morgan fingerprint density at radius 1 is 0.962 bits per heavy atom. The molecule has 0 fully saturated rings. The van der Waals surface area contributed by atoms with Crippen molar-refractivity contribution >= 4 is 39.0 Å². The lowest BCUT2D eigenvalue weighted by atomic mass is 10.2. The van der Waals surface area contributed by atoms with Crippen LogP contribution in [0, 0.1) is 0 Å². The van der Waals surface area contributed by atoms with Gasteiger partial charge in [-0.3, -0.25) is 0 Å². The van der Waals surface area contributed by atoms with Crippen molar-refractivity contribution in [3.8, 4) is 10.6 Å². The number of hydrogen-bond acceptors (Lipinski definition) is 5. The van der Waals surface area contributed by atoms with E-state index in [4.69, 9.17) is 5.10 Å². The Balaban J connectivity index is 1.41. The lowest BCUT2D eigenvalue weighted by Gasteiger charge is -1.99. The van der Waals surface area contributed by atoms with Gasteiger partial charge in [-0.05, 0) is 11.6 Å². The molecule has 0 radical (unpaired) electrons. The average Bonchev–Trinajstić information content (AvgIpc) is 3.37. The van der Waals surface area contributed by atoms with Gasteiger partial charge in [-0.1, -0.05) is 59.9 Å². The number of nitrogens with one attached hydrogen (secondary N) is 1. The summed E-state index contributed by atoms with van der Waals surface area (Å²) in [6.45, 7) is 0. The van der Waals surface area contributed by atoms with Crippen LogP contribution in [0.15, 0.2) is 60.8 Å². The van der Waals surface area contributed by atoms with E-state index in [0.29, 0.717) is 0 Å². The summed E-state index contributed by atoms with van der Waals surface area (Å²) < 4.78 is 1.87. The summed E-state index contributed by atoms with van der Waals surface area (Å²) in [6.07, 6.45) is 2.01. The standard InChI is InChI=1S/C19H15N5S2/c1-2-6-13(7-3-1)11-25-12-17-21-22-19-24(17)23-18(26-19)15-10-20-16-9-5-4-8-14(15)16/h1-10,20H,11-12H2. The van der Waals surface area contributed by atoms with Crippen LogP contribution >= 0.6 is 23.1 Å². The fourth-order valence-electron chi connectivity index (χ4n) is 2.94. The topological polar surface area (TPSA) is 58.9 Å². The van der Waals surface area contributed by atoms with Gasteiger partial charge in [-0.15, -0.1) is 22.0 Å². The van der Waals surface area contributed by atoms with E-state index >= 15 is 0 Å². The zero-order valence-electron chi connectivity index (χ0n) is 13.8. The first-order chi connectivity index (χ1) is 12.9. The second kappa shape index (κ2) is 6.59. The summed E-state index contributed by atoms with van der Waals surface area (Å²) in [5, 5.41) is 15.5. The van der Waals surface area contributed by atoms with Gasteiger partial charge in [0.05, 0.1) is 5.75 Å². The van der Waals surface area contributed by atoms with E-state index in [-0.39, 0.29) is 0 Å². The molecular weight excluding hydrogens is 362 g/mol. The number of nitrogens with zero attached hydrogens (tertiary/aromatic N) is 4. The lowest BCUT2D eigenvalue weighted by Crippen LogP contribution is -1.94. The van der Waals surface area contributed by atoms with Crippen molar-refractivity contribution in [3.63, 3.8) is 0 Å². The molecule has 0 saturated heterocycles. The van der Waals surface area contributed by atoms with Gasteiger partial charge in [0, 0.05) is 28.4 Å². The van der Waals surface area contributed by atoms with E-state index < -0.39 is 0 Å². The van der Waals surface area contributed by atoms with Gasteiger partial charge in [0.2, 0.25) is 4.96 Å². The summed E-state index contributed by atoms with van der Waals surface area (Å²) in [5.74, 6) is 2.63. The van der Waals surface area contributed by atoms with Gasteiger partial charge in [-0.2, -0.15) is 9.61 Å². The van der Waals surface area contributed by atoms with Crippen molar-refractivity contribution in [2.75, 3.05) is 0 Å². The molecule has 0 bridgehead atoms. The lowest BCUT2D eigenvalue weighted by molar-refractivity contribution is 0.887. The molecule has 128 valence electrons. The van der Waals surface area contributed by atoms with Gasteiger partial charge in [0.1, 0.15) is 5.01 Å². The SMILES string of the molecule is c1ccc(CSCc2nnc3sc(-c4c[nH]c5ccccc45)nn23)cc1. The van der Waals surface area contributed by atoms with E-state index in [2.05, 4.69) is 51.6 Å². The summed E-state index contributed by atoms with van der Waals surface area (Å²) in [6, 6.07) is 18.7. The third-order valence-corrected chi connectivity index (χ3v) is 6.15. The highest BCUT2D eigenvalue weighted by Crippen LogP contribution is 2.32. The minimum Gasteiger partial charge on any atom is -0.360 e. The van der Waals surface area contributed by atoms with Crippen LogP contribution in [-0.4, -0.2) is 24.8 Å². The predicted molar refractivity (Wildman–Crippen MR) is 107 cm³/mol. The minimum absolute atomic E-state index is 0.785. The molecule has 5 aromatic rings. The van der Waals surface area contributed by atoms with Crippen molar-refractivity contribution in [1.29, 1.82) is 0 Å². The van der Waals surface area contributed by atoms with Crippen molar-refractivity contribution in [3.05, 3.63) is 72.2 Å². The maximum Gasteiger partial charge on any atom is 0.235 e. The van der Waals surface area contributed by atoms with E-state index in [1.54, 1.807) is 11.3 Å². The summed E-state index contributed by atoms with van der Waals surface area (Å²) >= 11 is 3.39. The van der Waals surface area contributed by atoms with Crippen LogP contribution in [0.4, 0.5) is 0 Å². The Bertz CT molecular complexity index is 1170. The molecule has 0 aliphatic carbocycles. The molecule has 26 heavy (non-hydrogen) atoms. The predicted octanol–water partition coefficient (Wildman–Crippen LogP) is 4.77. The molecule has 0 amide bonds. The number of hydrogen-bond donors (Lipinski definition) is 1. The molecule has 0 saturated carbocycles. The number of thioether (sulfide) groups is 1. The number of para-hydroxylation sites is 1. The molecule has 2 aromatic carbocycles. The molecule has 3 aromatic heterocycles. The van der Waals surface area contributed by atoms with Crippen molar-refractivity contribution in [2.24, 2.45) is 0 Å². The van der Waals surface area contributed by atoms with Crippen molar-refractivity contribution < 1.29 is 0 Å². The fourth-order valence-corrected chi connectivity index (χ4v) is 4.72. The maximum atomic E-state index is 4.77. The largest absolute Gasteiger partial charge is 0.360 e. The molecule has 0 aliphatic rings. The average molecular weight is 377 g/mol. The molecule has 0 spiro atoms. The Morgan fingerprint density at radius 3 is 2.73 bits per heavy atom.